The van der Waals surface area contributed by atoms with Crippen LogP contribution in [0.1, 0.15) is 31.0 Å². The van der Waals surface area contributed by atoms with Gasteiger partial charge >= 0.3 is 6.09 Å². The van der Waals surface area contributed by atoms with E-state index in [1.54, 1.807) is 13.2 Å². The number of methoxy groups -OCH3 is 1. The number of aromatic nitrogens is 1. The van der Waals surface area contributed by atoms with Crippen molar-refractivity contribution < 1.29 is 19.4 Å². The van der Waals surface area contributed by atoms with E-state index < -0.39 is 11.7 Å². The number of likely N-dealkylation sites (tertiary alicyclic amines) is 1. The molecule has 0 saturated carbocycles. The average Bonchev–Trinajstić information content (AvgIpc) is 2.62. The molecule has 4 N–H and O–H groups in total. The lowest BCUT2D eigenvalue weighted by Gasteiger charge is -2.40. The fourth-order valence-electron chi connectivity index (χ4n) is 3.01. The van der Waals surface area contributed by atoms with Crippen molar-refractivity contribution >= 4 is 11.8 Å². The summed E-state index contributed by atoms with van der Waals surface area (Å²) < 4.78 is 11.1. The van der Waals surface area contributed by atoms with Gasteiger partial charge in [-0.15, -0.1) is 0 Å². The zero-order valence-electron chi connectivity index (χ0n) is 15.1. The Balaban J connectivity index is 1.98. The van der Waals surface area contributed by atoms with Crippen molar-refractivity contribution in [3.8, 4) is 11.9 Å². The van der Waals surface area contributed by atoms with Gasteiger partial charge in [-0.25, -0.2) is 9.78 Å². The van der Waals surface area contributed by atoms with Crippen LogP contribution in [0.2, 0.25) is 0 Å². The Morgan fingerprint density at radius 1 is 1.54 bits per heavy atom. The van der Waals surface area contributed by atoms with Gasteiger partial charge in [0.05, 0.1) is 23.6 Å². The minimum atomic E-state index is -0.900. The second kappa shape index (κ2) is 8.69. The lowest BCUT2D eigenvalue weighted by molar-refractivity contribution is -0.0515. The van der Waals surface area contributed by atoms with Crippen LogP contribution in [0, 0.1) is 11.3 Å². The van der Waals surface area contributed by atoms with Crippen molar-refractivity contribution in [2.45, 2.75) is 31.9 Å². The summed E-state index contributed by atoms with van der Waals surface area (Å²) in [7, 11) is 1.64. The Labute approximate surface area is 152 Å². The number of carboxylic acid groups (broad SMARTS) is 1. The molecule has 1 aliphatic rings. The summed E-state index contributed by atoms with van der Waals surface area (Å²) >= 11 is 0. The van der Waals surface area contributed by atoms with Crippen molar-refractivity contribution in [3.63, 3.8) is 0 Å². The summed E-state index contributed by atoms with van der Waals surface area (Å²) in [6.45, 7) is 4.09. The summed E-state index contributed by atoms with van der Waals surface area (Å²) in [6, 6.07) is 3.66. The van der Waals surface area contributed by atoms with E-state index in [0.717, 1.165) is 0 Å². The average molecular weight is 363 g/mol. The van der Waals surface area contributed by atoms with E-state index in [1.165, 1.54) is 4.90 Å². The number of nitrogens with one attached hydrogen (secondary N) is 1. The first-order valence-corrected chi connectivity index (χ1v) is 8.50. The molecule has 0 bridgehead atoms. The smallest absolute Gasteiger partial charge is 0.407 e. The predicted molar refractivity (Wildman–Crippen MR) is 94.8 cm³/mol. The van der Waals surface area contributed by atoms with E-state index in [2.05, 4.69) is 10.3 Å². The van der Waals surface area contributed by atoms with Gasteiger partial charge in [0.1, 0.15) is 11.6 Å². The number of amides is 1. The van der Waals surface area contributed by atoms with Gasteiger partial charge in [-0.2, -0.15) is 5.26 Å². The van der Waals surface area contributed by atoms with Crippen LogP contribution < -0.4 is 15.8 Å². The predicted octanol–water partition coefficient (Wildman–Crippen LogP) is 1.18. The van der Waals surface area contributed by atoms with E-state index in [0.29, 0.717) is 57.0 Å². The van der Waals surface area contributed by atoms with Crippen molar-refractivity contribution in [2.75, 3.05) is 39.1 Å². The number of nitriles is 1. The SMILES string of the molecule is CCOc1nc(CNCC2(OC)CCN(C(=O)O)CC2)cc(N)c1C#N. The number of anilines is 1. The number of hydrogen-bond acceptors (Lipinski definition) is 7. The van der Waals surface area contributed by atoms with Gasteiger partial charge < -0.3 is 30.5 Å². The van der Waals surface area contributed by atoms with Gasteiger partial charge in [-0.05, 0) is 25.8 Å². The van der Waals surface area contributed by atoms with E-state index >= 15 is 0 Å². The molecule has 2 heterocycles. The molecule has 0 radical (unpaired) electrons. The number of carbonyl (C=O) groups is 1. The van der Waals surface area contributed by atoms with Crippen LogP contribution in [-0.2, 0) is 11.3 Å². The van der Waals surface area contributed by atoms with Crippen LogP contribution in [0.3, 0.4) is 0 Å². The second-order valence-electron chi connectivity index (χ2n) is 6.19. The molecule has 0 aromatic carbocycles. The largest absolute Gasteiger partial charge is 0.477 e. The fourth-order valence-corrected chi connectivity index (χ4v) is 3.01. The molecule has 1 fully saturated rings. The number of piperidine rings is 1. The monoisotopic (exact) mass is 363 g/mol. The zero-order chi connectivity index (χ0) is 19.2. The standard InChI is InChI=1S/C17H25N5O4/c1-3-26-15-13(9-18)14(19)8-12(21-15)10-20-11-17(25-2)4-6-22(7-5-17)16(23)24/h8,20H,3-7,10-11H2,1-2H3,(H2,19,21)(H,23,24). The summed E-state index contributed by atoms with van der Waals surface area (Å²) in [4.78, 5) is 16.8. The van der Waals surface area contributed by atoms with Crippen LogP contribution in [0.25, 0.3) is 0 Å². The highest BCUT2D eigenvalue weighted by Crippen LogP contribution is 2.26. The van der Waals surface area contributed by atoms with Crippen molar-refractivity contribution in [1.82, 2.24) is 15.2 Å². The number of hydrogen-bond donors (Lipinski definition) is 3. The van der Waals surface area contributed by atoms with Gasteiger partial charge in [0.15, 0.2) is 0 Å². The third-order valence-corrected chi connectivity index (χ3v) is 4.59. The first-order chi connectivity index (χ1) is 12.4. The number of nitrogens with zero attached hydrogens (tertiary/aromatic N) is 3. The molecular weight excluding hydrogens is 338 g/mol. The van der Waals surface area contributed by atoms with Crippen LogP contribution in [0.15, 0.2) is 6.07 Å². The summed E-state index contributed by atoms with van der Waals surface area (Å²) in [5.41, 5.74) is 6.75. The van der Waals surface area contributed by atoms with Crippen molar-refractivity contribution in [2.24, 2.45) is 0 Å². The third-order valence-electron chi connectivity index (χ3n) is 4.59. The minimum Gasteiger partial charge on any atom is -0.477 e. The lowest BCUT2D eigenvalue weighted by Crippen LogP contribution is -2.52. The van der Waals surface area contributed by atoms with E-state index in [-0.39, 0.29) is 11.4 Å². The van der Waals surface area contributed by atoms with Gasteiger partial charge in [0.2, 0.25) is 5.88 Å². The first kappa shape index (κ1) is 19.8. The van der Waals surface area contributed by atoms with Crippen molar-refractivity contribution in [3.05, 3.63) is 17.3 Å². The molecule has 1 saturated heterocycles. The minimum absolute atomic E-state index is 0.239. The highest BCUT2D eigenvalue weighted by atomic mass is 16.5. The maximum Gasteiger partial charge on any atom is 0.407 e. The maximum atomic E-state index is 11.0. The van der Waals surface area contributed by atoms with E-state index in [9.17, 15) is 4.79 Å². The van der Waals surface area contributed by atoms with Gasteiger partial charge in [0, 0.05) is 33.3 Å². The molecule has 1 aliphatic heterocycles. The Kier molecular flexibility index (Phi) is 6.60. The van der Waals surface area contributed by atoms with E-state index in [4.69, 9.17) is 25.6 Å². The molecule has 1 aromatic heterocycles. The molecule has 0 spiro atoms. The normalized spacial score (nSPS) is 16.1. The van der Waals surface area contributed by atoms with E-state index in [1.807, 2.05) is 13.0 Å². The second-order valence-corrected chi connectivity index (χ2v) is 6.19. The van der Waals surface area contributed by atoms with Crippen LogP contribution in [-0.4, -0.2) is 60.0 Å². The molecule has 9 heteroatoms. The zero-order valence-corrected chi connectivity index (χ0v) is 15.1. The molecule has 26 heavy (non-hydrogen) atoms. The topological polar surface area (TPSA) is 134 Å². The number of rotatable bonds is 7. The van der Waals surface area contributed by atoms with Gasteiger partial charge in [-0.1, -0.05) is 0 Å². The quantitative estimate of drug-likeness (QED) is 0.657. The Morgan fingerprint density at radius 3 is 2.77 bits per heavy atom. The fraction of sp³-hybridized carbons (Fsp3) is 0.588. The Hall–Kier alpha value is -2.57. The molecule has 1 amide bonds. The molecule has 0 unspecified atom stereocenters. The number of pyridine rings is 1. The number of ether oxygens (including phenoxy) is 2. The number of nitrogens with two attached hydrogens (primary N) is 1. The summed E-state index contributed by atoms with van der Waals surface area (Å²) in [5, 5.41) is 21.5. The highest BCUT2D eigenvalue weighted by Gasteiger charge is 2.35. The Morgan fingerprint density at radius 2 is 2.23 bits per heavy atom. The molecule has 0 atom stereocenters. The highest BCUT2D eigenvalue weighted by molar-refractivity contribution is 5.65. The molecule has 142 valence electrons. The summed E-state index contributed by atoms with van der Waals surface area (Å²) in [6.07, 6.45) is 0.342. The molecule has 0 aliphatic carbocycles. The lowest BCUT2D eigenvalue weighted by atomic mass is 9.91. The molecule has 2 rings (SSSR count). The molecule has 9 nitrogen and oxygen atoms in total. The summed E-state index contributed by atoms with van der Waals surface area (Å²) in [5.74, 6) is 0.239. The van der Waals surface area contributed by atoms with Crippen LogP contribution in [0.5, 0.6) is 5.88 Å². The van der Waals surface area contributed by atoms with Crippen LogP contribution >= 0.6 is 0 Å². The molecular formula is C17H25N5O4. The van der Waals surface area contributed by atoms with Crippen molar-refractivity contribution in [1.29, 1.82) is 5.26 Å². The Bertz CT molecular complexity index is 680. The maximum absolute atomic E-state index is 11.0. The third kappa shape index (κ3) is 4.53. The molecule has 1 aromatic rings. The first-order valence-electron chi connectivity index (χ1n) is 8.50. The van der Waals surface area contributed by atoms with Crippen LogP contribution in [0.4, 0.5) is 10.5 Å². The number of nitrogen functional groups attached to an aromatic ring is 1. The van der Waals surface area contributed by atoms with Gasteiger partial charge in [-0.3, -0.25) is 0 Å². The van der Waals surface area contributed by atoms with Gasteiger partial charge in [0.25, 0.3) is 0 Å².